The Labute approximate surface area is 290 Å². The van der Waals surface area contributed by atoms with E-state index in [2.05, 4.69) is 181 Å². The maximum Gasteiger partial charge on any atom is 0.143 e. The average molecular weight is 638 g/mol. The van der Waals surface area contributed by atoms with Crippen LogP contribution in [-0.2, 0) is 0 Å². The number of rotatable bonds is 5. The number of benzene rings is 9. The second kappa shape index (κ2) is 11.5. The third-order valence-electron chi connectivity index (χ3n) is 10.0. The molecule has 0 radical (unpaired) electrons. The van der Waals surface area contributed by atoms with Gasteiger partial charge >= 0.3 is 0 Å². The predicted molar refractivity (Wildman–Crippen MR) is 212 cm³/mol. The average Bonchev–Trinajstić information content (AvgIpc) is 3.57. The quantitative estimate of drug-likeness (QED) is 0.175. The van der Waals surface area contributed by atoms with Gasteiger partial charge in [-0.25, -0.2) is 0 Å². The molecule has 1 heterocycles. The summed E-state index contributed by atoms with van der Waals surface area (Å²) in [6.07, 6.45) is 0. The van der Waals surface area contributed by atoms with Gasteiger partial charge in [-0.05, 0) is 97.5 Å². The van der Waals surface area contributed by atoms with E-state index in [-0.39, 0.29) is 0 Å². The molecule has 0 bridgehead atoms. The van der Waals surface area contributed by atoms with E-state index in [0.717, 1.165) is 50.1 Å². The van der Waals surface area contributed by atoms with Gasteiger partial charge in [0.15, 0.2) is 0 Å². The first-order chi connectivity index (χ1) is 24.8. The Hall–Kier alpha value is -6.64. The molecule has 0 amide bonds. The fourth-order valence-electron chi connectivity index (χ4n) is 7.52. The molecule has 234 valence electrons. The van der Waals surface area contributed by atoms with Crippen molar-refractivity contribution in [3.8, 4) is 22.3 Å². The number of hydrogen-bond donors (Lipinski definition) is 0. The van der Waals surface area contributed by atoms with Crippen molar-refractivity contribution in [1.82, 2.24) is 0 Å². The van der Waals surface area contributed by atoms with Gasteiger partial charge in [0.2, 0.25) is 0 Å². The van der Waals surface area contributed by atoms with E-state index in [0.29, 0.717) is 0 Å². The Morgan fingerprint density at radius 2 is 0.900 bits per heavy atom. The largest absolute Gasteiger partial charge is 0.455 e. The lowest BCUT2D eigenvalue weighted by atomic mass is 9.97. The topological polar surface area (TPSA) is 16.4 Å². The molecule has 10 rings (SSSR count). The van der Waals surface area contributed by atoms with Crippen LogP contribution in [0.3, 0.4) is 0 Å². The maximum absolute atomic E-state index is 6.37. The number of fused-ring (bicyclic) bond motifs is 7. The summed E-state index contributed by atoms with van der Waals surface area (Å²) in [6, 6.07) is 67.6. The highest BCUT2D eigenvalue weighted by Crippen LogP contribution is 2.40. The van der Waals surface area contributed by atoms with Crippen molar-refractivity contribution in [3.05, 3.63) is 188 Å². The highest BCUT2D eigenvalue weighted by molar-refractivity contribution is 6.10. The molecule has 10 aromatic rings. The van der Waals surface area contributed by atoms with Gasteiger partial charge in [0.25, 0.3) is 0 Å². The third kappa shape index (κ3) is 4.73. The Kier molecular flexibility index (Phi) is 6.53. The van der Waals surface area contributed by atoms with Crippen LogP contribution in [0, 0.1) is 0 Å². The van der Waals surface area contributed by atoms with Crippen LogP contribution in [-0.4, -0.2) is 0 Å². The van der Waals surface area contributed by atoms with Crippen LogP contribution in [0.2, 0.25) is 0 Å². The highest BCUT2D eigenvalue weighted by atomic mass is 16.3. The van der Waals surface area contributed by atoms with Crippen molar-refractivity contribution >= 4 is 71.3 Å². The Bertz CT molecular complexity index is 2860. The summed E-state index contributed by atoms with van der Waals surface area (Å²) in [5.41, 5.74) is 9.75. The second-order valence-corrected chi connectivity index (χ2v) is 13.0. The molecule has 2 nitrogen and oxygen atoms in total. The molecule has 0 unspecified atom stereocenters. The van der Waals surface area contributed by atoms with Crippen LogP contribution in [0.5, 0.6) is 0 Å². The molecule has 50 heavy (non-hydrogen) atoms. The van der Waals surface area contributed by atoms with Gasteiger partial charge in [-0.3, -0.25) is 0 Å². The fraction of sp³-hybridized carbons (Fsp3) is 0. The highest BCUT2D eigenvalue weighted by Gasteiger charge is 2.16. The van der Waals surface area contributed by atoms with Crippen molar-refractivity contribution in [2.75, 3.05) is 4.90 Å². The molecule has 9 aromatic carbocycles. The van der Waals surface area contributed by atoms with E-state index >= 15 is 0 Å². The summed E-state index contributed by atoms with van der Waals surface area (Å²) in [4.78, 5) is 2.34. The molecule has 0 fully saturated rings. The molecule has 0 saturated carbocycles. The van der Waals surface area contributed by atoms with Crippen LogP contribution in [0.1, 0.15) is 0 Å². The number of anilines is 3. The molecule has 2 heteroatoms. The van der Waals surface area contributed by atoms with Crippen LogP contribution in [0.15, 0.2) is 192 Å². The lowest BCUT2D eigenvalue weighted by molar-refractivity contribution is 0.670. The molecular weight excluding hydrogens is 607 g/mol. The second-order valence-electron chi connectivity index (χ2n) is 13.0. The zero-order valence-electron chi connectivity index (χ0n) is 27.3. The first-order valence-electron chi connectivity index (χ1n) is 17.1. The summed E-state index contributed by atoms with van der Waals surface area (Å²) in [6.45, 7) is 0. The van der Waals surface area contributed by atoms with Crippen molar-refractivity contribution in [1.29, 1.82) is 0 Å². The van der Waals surface area contributed by atoms with Crippen molar-refractivity contribution in [2.45, 2.75) is 0 Å². The SMILES string of the molecule is c1ccc2cc(N(c3ccc(-c4ccc5c(ccc6ccccc65)c4)cc3)c3ccc(-c4cccc5c4oc4ccccc45)cc3)ccc2c1. The molecule has 0 spiro atoms. The summed E-state index contributed by atoms with van der Waals surface area (Å²) >= 11 is 0. The number of nitrogens with zero attached hydrogens (tertiary/aromatic N) is 1. The Morgan fingerprint density at radius 1 is 0.320 bits per heavy atom. The first-order valence-corrected chi connectivity index (χ1v) is 17.1. The van der Waals surface area contributed by atoms with Gasteiger partial charge in [0, 0.05) is 33.4 Å². The summed E-state index contributed by atoms with van der Waals surface area (Å²) in [5, 5.41) is 9.81. The van der Waals surface area contributed by atoms with Crippen molar-refractivity contribution in [2.24, 2.45) is 0 Å². The summed E-state index contributed by atoms with van der Waals surface area (Å²) in [7, 11) is 0. The Morgan fingerprint density at radius 3 is 1.72 bits per heavy atom. The van der Waals surface area contributed by atoms with E-state index in [1.165, 1.54) is 43.4 Å². The van der Waals surface area contributed by atoms with E-state index < -0.39 is 0 Å². The summed E-state index contributed by atoms with van der Waals surface area (Å²) < 4.78 is 6.37. The fourth-order valence-corrected chi connectivity index (χ4v) is 7.52. The predicted octanol–water partition coefficient (Wildman–Crippen LogP) is 13.8. The van der Waals surface area contributed by atoms with Gasteiger partial charge in [-0.15, -0.1) is 0 Å². The van der Waals surface area contributed by atoms with Gasteiger partial charge in [-0.1, -0.05) is 140 Å². The van der Waals surface area contributed by atoms with Gasteiger partial charge < -0.3 is 9.32 Å². The first kappa shape index (κ1) is 28.4. The van der Waals surface area contributed by atoms with E-state index in [9.17, 15) is 0 Å². The van der Waals surface area contributed by atoms with Crippen LogP contribution in [0.25, 0.3) is 76.5 Å². The van der Waals surface area contributed by atoms with Gasteiger partial charge in [-0.2, -0.15) is 0 Å². The molecule has 0 saturated heterocycles. The number of furan rings is 1. The number of para-hydroxylation sites is 2. The standard InChI is InChI=1S/C48H31NO/c1-2-10-36-31-41(28-20-32(36)8-1)49(40-26-21-35(22-27-40)44-13-7-14-46-45-12-5-6-15-47(45)50-48(44)46)39-24-18-33(19-25-39)37-23-29-43-38(30-37)17-16-34-9-3-4-11-42(34)43/h1-31H. The van der Waals surface area contributed by atoms with Gasteiger partial charge in [0.1, 0.15) is 11.2 Å². The molecule has 0 atom stereocenters. The lowest BCUT2D eigenvalue weighted by Gasteiger charge is -2.26. The minimum absolute atomic E-state index is 0.912. The molecule has 0 N–H and O–H groups in total. The van der Waals surface area contributed by atoms with E-state index in [1.54, 1.807) is 0 Å². The molecule has 1 aromatic heterocycles. The maximum atomic E-state index is 6.37. The summed E-state index contributed by atoms with van der Waals surface area (Å²) in [5.74, 6) is 0. The van der Waals surface area contributed by atoms with Crippen LogP contribution >= 0.6 is 0 Å². The normalized spacial score (nSPS) is 11.6. The Balaban J connectivity index is 1.05. The molecule has 0 aliphatic rings. The van der Waals surface area contributed by atoms with E-state index in [1.807, 2.05) is 12.1 Å². The lowest BCUT2D eigenvalue weighted by Crippen LogP contribution is -2.09. The minimum Gasteiger partial charge on any atom is -0.455 e. The zero-order valence-corrected chi connectivity index (χ0v) is 27.3. The monoisotopic (exact) mass is 637 g/mol. The van der Waals surface area contributed by atoms with Crippen LogP contribution in [0.4, 0.5) is 17.1 Å². The molecular formula is C48H31NO. The number of hydrogen-bond acceptors (Lipinski definition) is 2. The van der Waals surface area contributed by atoms with Gasteiger partial charge in [0.05, 0.1) is 0 Å². The minimum atomic E-state index is 0.912. The van der Waals surface area contributed by atoms with Crippen LogP contribution < -0.4 is 4.90 Å². The smallest absolute Gasteiger partial charge is 0.143 e. The zero-order chi connectivity index (χ0) is 33.0. The third-order valence-corrected chi connectivity index (χ3v) is 10.0. The van der Waals surface area contributed by atoms with Crippen molar-refractivity contribution in [3.63, 3.8) is 0 Å². The molecule has 0 aliphatic carbocycles. The molecule has 0 aliphatic heterocycles. The van der Waals surface area contributed by atoms with E-state index in [4.69, 9.17) is 4.42 Å². The van der Waals surface area contributed by atoms with Crippen molar-refractivity contribution < 1.29 is 4.42 Å².